The lowest BCUT2D eigenvalue weighted by Crippen LogP contribution is -2.03. The summed E-state index contributed by atoms with van der Waals surface area (Å²) in [6.07, 6.45) is -4.24. The minimum Gasteiger partial charge on any atom is -0.195 e. The highest BCUT2D eigenvalue weighted by Gasteiger charge is 2.29. The number of rotatable bonds is 0. The van der Waals surface area contributed by atoms with Gasteiger partial charge in [-0.2, -0.15) is 21.6 Å². The lowest BCUT2D eigenvalue weighted by atomic mass is 10.2. The third-order valence-electron chi connectivity index (χ3n) is 1.17. The van der Waals surface area contributed by atoms with Gasteiger partial charge in [-0.15, -0.1) is 0 Å². The molecule has 1 rings (SSSR count). The van der Waals surface area contributed by atoms with E-state index in [1.807, 2.05) is 0 Å². The third-order valence-corrected chi connectivity index (χ3v) is 1.70. The highest BCUT2D eigenvalue weighted by Crippen LogP contribution is 2.29. The quantitative estimate of drug-likeness (QED) is 0.651. The van der Waals surface area contributed by atoms with Gasteiger partial charge in [0.1, 0.15) is 0 Å². The van der Waals surface area contributed by atoms with Gasteiger partial charge in [-0.1, -0.05) is 15.9 Å². The molecule has 1 aromatic carbocycles. The van der Waals surface area contributed by atoms with Crippen molar-refractivity contribution >= 4 is 45.6 Å². The minimum atomic E-state index is -4.24. The summed E-state index contributed by atoms with van der Waals surface area (Å²) in [5.74, 6) is 0. The molecule has 0 amide bonds. The maximum absolute atomic E-state index is 11.9. The Kier molecular flexibility index (Phi) is 6.10. The van der Waals surface area contributed by atoms with Crippen LogP contribution in [0.3, 0.4) is 0 Å². The molecular weight excluding hydrogens is 356 g/mol. The van der Waals surface area contributed by atoms with E-state index >= 15 is 0 Å². The molecule has 0 bridgehead atoms. The van der Waals surface area contributed by atoms with Crippen molar-refractivity contribution < 1.29 is 21.6 Å². The molecule has 0 unspecified atom stereocenters. The molecule has 2 nitrogen and oxygen atoms in total. The predicted molar refractivity (Wildman–Crippen MR) is 59.8 cm³/mol. The summed E-state index contributed by atoms with van der Waals surface area (Å²) in [7, 11) is 4.81. The zero-order valence-electron chi connectivity index (χ0n) is 7.30. The van der Waals surface area contributed by atoms with Crippen LogP contribution in [0.15, 0.2) is 28.7 Å². The Morgan fingerprint density at radius 2 is 1.38 bits per heavy atom. The predicted octanol–water partition coefficient (Wildman–Crippen LogP) is 4.18. The van der Waals surface area contributed by atoms with E-state index in [0.717, 1.165) is 12.1 Å². The fourth-order valence-corrected chi connectivity index (χ4v) is 0.903. The van der Waals surface area contributed by atoms with E-state index < -0.39 is 20.0 Å². The fourth-order valence-electron chi connectivity index (χ4n) is 0.639. The standard InChI is InChI=1S/C7H4BrF3.Cl2O2S/c8-6-3-1-5(2-4-6)7(9,10)11;1-5(2,3)4/h1-4H;. The molecule has 0 spiro atoms. The molecule has 0 saturated carbocycles. The molecule has 0 aliphatic carbocycles. The molecule has 16 heavy (non-hydrogen) atoms. The Morgan fingerprint density at radius 3 is 1.62 bits per heavy atom. The highest BCUT2D eigenvalue weighted by molar-refractivity contribution is 9.10. The monoisotopic (exact) mass is 358 g/mol. The van der Waals surface area contributed by atoms with Crippen molar-refractivity contribution in [3.63, 3.8) is 0 Å². The first-order chi connectivity index (χ1) is 7.00. The van der Waals surface area contributed by atoms with Crippen molar-refractivity contribution in [1.82, 2.24) is 0 Å². The number of hydrogen-bond donors (Lipinski definition) is 0. The summed E-state index contributed by atoms with van der Waals surface area (Å²) >= 11 is 3.04. The smallest absolute Gasteiger partial charge is 0.195 e. The third kappa shape index (κ3) is 9.26. The van der Waals surface area contributed by atoms with Gasteiger partial charge < -0.3 is 0 Å². The molecule has 0 radical (unpaired) electrons. The van der Waals surface area contributed by atoms with Crippen LogP contribution in [0.1, 0.15) is 5.56 Å². The second kappa shape index (κ2) is 6.09. The molecule has 0 fully saturated rings. The normalized spacial score (nSPS) is 11.6. The number of halogens is 6. The van der Waals surface area contributed by atoms with E-state index in [4.69, 9.17) is 8.42 Å². The van der Waals surface area contributed by atoms with E-state index in [9.17, 15) is 13.2 Å². The number of alkyl halides is 3. The van der Waals surface area contributed by atoms with Crippen LogP contribution in [0.5, 0.6) is 0 Å². The van der Waals surface area contributed by atoms with Gasteiger partial charge in [-0.05, 0) is 24.3 Å². The van der Waals surface area contributed by atoms with Crippen molar-refractivity contribution in [2.45, 2.75) is 6.18 Å². The molecule has 0 saturated heterocycles. The molecule has 1 aromatic rings. The number of hydrogen-bond acceptors (Lipinski definition) is 2. The van der Waals surface area contributed by atoms with Crippen molar-refractivity contribution in [2.75, 3.05) is 0 Å². The fraction of sp³-hybridized carbons (Fsp3) is 0.143. The Morgan fingerprint density at radius 1 is 1.06 bits per heavy atom. The van der Waals surface area contributed by atoms with Crippen LogP contribution >= 0.6 is 37.3 Å². The molecule has 0 aromatic heterocycles. The lowest BCUT2D eigenvalue weighted by Gasteiger charge is -2.04. The average Bonchev–Trinajstić information content (AvgIpc) is 1.99. The highest BCUT2D eigenvalue weighted by atomic mass is 79.9. The van der Waals surface area contributed by atoms with E-state index in [1.165, 1.54) is 12.1 Å². The van der Waals surface area contributed by atoms with Crippen LogP contribution in [-0.4, -0.2) is 8.42 Å². The summed E-state index contributed by atoms with van der Waals surface area (Å²) in [4.78, 5) is 0. The Labute approximate surface area is 107 Å². The Balaban J connectivity index is 0.000000385. The van der Waals surface area contributed by atoms with Crippen LogP contribution < -0.4 is 0 Å². The molecule has 92 valence electrons. The molecule has 0 heterocycles. The van der Waals surface area contributed by atoms with Crippen molar-refractivity contribution in [2.24, 2.45) is 0 Å². The van der Waals surface area contributed by atoms with E-state index in [-0.39, 0.29) is 0 Å². The van der Waals surface area contributed by atoms with Crippen LogP contribution in [0.25, 0.3) is 0 Å². The Bertz CT molecular complexity index is 422. The van der Waals surface area contributed by atoms with Gasteiger partial charge in [0.25, 0.3) is 0 Å². The van der Waals surface area contributed by atoms with E-state index in [0.29, 0.717) is 4.47 Å². The van der Waals surface area contributed by atoms with Gasteiger partial charge in [0.2, 0.25) is 0 Å². The van der Waals surface area contributed by atoms with Crippen LogP contribution in [-0.2, 0) is 14.4 Å². The summed E-state index contributed by atoms with van der Waals surface area (Å²) in [5.41, 5.74) is -0.624. The first-order valence-corrected chi connectivity index (χ1v) is 7.40. The minimum absolute atomic E-state index is 0.624. The van der Waals surface area contributed by atoms with Crippen molar-refractivity contribution in [3.8, 4) is 0 Å². The van der Waals surface area contributed by atoms with Gasteiger partial charge >= 0.3 is 14.4 Å². The lowest BCUT2D eigenvalue weighted by molar-refractivity contribution is -0.137. The Hall–Kier alpha value is 0.0200. The zero-order valence-corrected chi connectivity index (χ0v) is 11.2. The molecule has 0 aliphatic rings. The molecule has 0 atom stereocenters. The largest absolute Gasteiger partial charge is 0.416 e. The van der Waals surface area contributed by atoms with Gasteiger partial charge in [0.05, 0.1) is 5.56 Å². The second-order valence-corrected chi connectivity index (χ2v) is 6.97. The number of benzene rings is 1. The van der Waals surface area contributed by atoms with Crippen molar-refractivity contribution in [1.29, 1.82) is 0 Å². The van der Waals surface area contributed by atoms with Crippen molar-refractivity contribution in [3.05, 3.63) is 34.3 Å². The van der Waals surface area contributed by atoms with E-state index in [2.05, 4.69) is 37.3 Å². The molecule has 0 aliphatic heterocycles. The molecular formula is C7H4BrCl2F3O2S. The summed E-state index contributed by atoms with van der Waals surface area (Å²) in [5, 5.41) is 0. The van der Waals surface area contributed by atoms with Crippen LogP contribution in [0.2, 0.25) is 0 Å². The maximum Gasteiger partial charge on any atom is 0.416 e. The topological polar surface area (TPSA) is 34.1 Å². The second-order valence-electron chi connectivity index (χ2n) is 2.38. The van der Waals surface area contributed by atoms with Crippen LogP contribution in [0.4, 0.5) is 13.2 Å². The van der Waals surface area contributed by atoms with Crippen LogP contribution in [0, 0.1) is 0 Å². The van der Waals surface area contributed by atoms with Gasteiger partial charge in [-0.25, -0.2) is 0 Å². The average molecular weight is 360 g/mol. The first-order valence-electron chi connectivity index (χ1n) is 3.47. The van der Waals surface area contributed by atoms with Gasteiger partial charge in [0, 0.05) is 25.8 Å². The summed E-state index contributed by atoms with van der Waals surface area (Å²) < 4.78 is 54.7. The van der Waals surface area contributed by atoms with Gasteiger partial charge in [-0.3, -0.25) is 0 Å². The SMILES string of the molecule is FC(F)(F)c1ccc(Br)cc1.O=S(=O)(Cl)Cl. The summed E-state index contributed by atoms with van der Waals surface area (Å²) in [6.45, 7) is 0. The molecule has 9 heteroatoms. The first kappa shape index (κ1) is 16.0. The van der Waals surface area contributed by atoms with Gasteiger partial charge in [0.15, 0.2) is 0 Å². The summed E-state index contributed by atoms with van der Waals surface area (Å²) in [6, 6.07) is 4.79. The molecule has 0 N–H and O–H groups in total. The maximum atomic E-state index is 11.9. The zero-order chi connectivity index (χ0) is 13.0. The van der Waals surface area contributed by atoms with E-state index in [1.54, 1.807) is 0 Å².